The Labute approximate surface area is 144 Å². The number of nitrogens with zero attached hydrogens (tertiary/aromatic N) is 3. The van der Waals surface area contributed by atoms with Crippen molar-refractivity contribution in [3.05, 3.63) is 46.3 Å². The molecule has 0 saturated carbocycles. The standard InChI is InChI=1S/C18H19N3O4/c1-25-16-8-12-4-2-3-11(12)7-13(16)10-20-5-6-21-15(17(20)22)9-14(19-21)18(23)24/h7-9H,2-6,10H2,1H3,(H,23,24). The minimum Gasteiger partial charge on any atom is -0.496 e. The van der Waals surface area contributed by atoms with Gasteiger partial charge >= 0.3 is 5.97 Å². The van der Waals surface area contributed by atoms with E-state index in [1.165, 1.54) is 21.9 Å². The van der Waals surface area contributed by atoms with Crippen molar-refractivity contribution in [1.82, 2.24) is 14.7 Å². The van der Waals surface area contributed by atoms with Crippen LogP contribution in [0, 0.1) is 0 Å². The molecule has 4 rings (SSSR count). The number of hydrogen-bond acceptors (Lipinski definition) is 4. The zero-order chi connectivity index (χ0) is 17.6. The van der Waals surface area contributed by atoms with E-state index >= 15 is 0 Å². The van der Waals surface area contributed by atoms with E-state index in [1.54, 1.807) is 12.0 Å². The number of carbonyl (C=O) groups excluding carboxylic acids is 1. The first-order valence-electron chi connectivity index (χ1n) is 8.36. The molecule has 0 atom stereocenters. The van der Waals surface area contributed by atoms with Crippen LogP contribution in [0.25, 0.3) is 0 Å². The molecule has 1 amide bonds. The van der Waals surface area contributed by atoms with E-state index in [1.807, 2.05) is 0 Å². The molecule has 7 nitrogen and oxygen atoms in total. The predicted octanol–water partition coefficient (Wildman–Crippen LogP) is 1.73. The molecule has 25 heavy (non-hydrogen) atoms. The molecule has 2 aromatic rings. The second-order valence-electron chi connectivity index (χ2n) is 6.46. The minimum absolute atomic E-state index is 0.0969. The van der Waals surface area contributed by atoms with Crippen LogP contribution in [0.4, 0.5) is 0 Å². The third kappa shape index (κ3) is 2.65. The molecule has 7 heteroatoms. The molecule has 2 aliphatic rings. The van der Waals surface area contributed by atoms with Gasteiger partial charge < -0.3 is 14.7 Å². The topological polar surface area (TPSA) is 84.7 Å². The van der Waals surface area contributed by atoms with Crippen molar-refractivity contribution in [2.45, 2.75) is 32.4 Å². The molecule has 0 bridgehead atoms. The number of carbonyl (C=O) groups is 2. The molecule has 0 radical (unpaired) electrons. The highest BCUT2D eigenvalue weighted by Crippen LogP contribution is 2.31. The van der Waals surface area contributed by atoms with Crippen LogP contribution in [0.15, 0.2) is 18.2 Å². The summed E-state index contributed by atoms with van der Waals surface area (Å²) in [7, 11) is 1.65. The summed E-state index contributed by atoms with van der Waals surface area (Å²) in [5, 5.41) is 13.0. The number of amides is 1. The van der Waals surface area contributed by atoms with Crippen LogP contribution in [-0.2, 0) is 25.9 Å². The molecular formula is C18H19N3O4. The number of carboxylic acid groups (broad SMARTS) is 1. The van der Waals surface area contributed by atoms with E-state index in [2.05, 4.69) is 17.2 Å². The molecule has 1 aromatic heterocycles. The summed E-state index contributed by atoms with van der Waals surface area (Å²) in [6.07, 6.45) is 3.29. The normalized spacial score (nSPS) is 15.9. The van der Waals surface area contributed by atoms with Crippen molar-refractivity contribution >= 4 is 11.9 Å². The average Bonchev–Trinajstić information content (AvgIpc) is 3.23. The fraction of sp³-hybridized carbons (Fsp3) is 0.389. The highest BCUT2D eigenvalue weighted by Gasteiger charge is 2.29. The Morgan fingerprint density at radius 1 is 1.24 bits per heavy atom. The van der Waals surface area contributed by atoms with E-state index in [0.29, 0.717) is 25.3 Å². The largest absolute Gasteiger partial charge is 0.496 e. The summed E-state index contributed by atoms with van der Waals surface area (Å²) in [6, 6.07) is 5.57. The van der Waals surface area contributed by atoms with Gasteiger partial charge in [0.25, 0.3) is 5.91 Å². The van der Waals surface area contributed by atoms with Crippen LogP contribution in [0.2, 0.25) is 0 Å². The molecule has 1 N–H and O–H groups in total. The summed E-state index contributed by atoms with van der Waals surface area (Å²) in [4.78, 5) is 25.5. The Morgan fingerprint density at radius 3 is 2.72 bits per heavy atom. The molecule has 0 fully saturated rings. The van der Waals surface area contributed by atoms with Crippen molar-refractivity contribution in [3.63, 3.8) is 0 Å². The minimum atomic E-state index is -1.12. The smallest absolute Gasteiger partial charge is 0.356 e. The number of ether oxygens (including phenoxy) is 1. The lowest BCUT2D eigenvalue weighted by Crippen LogP contribution is -2.39. The summed E-state index contributed by atoms with van der Waals surface area (Å²) < 4.78 is 6.99. The fourth-order valence-corrected chi connectivity index (χ4v) is 3.67. The molecule has 1 aliphatic carbocycles. The van der Waals surface area contributed by atoms with Gasteiger partial charge in [-0.25, -0.2) is 4.79 Å². The van der Waals surface area contributed by atoms with Gasteiger partial charge in [-0.1, -0.05) is 6.07 Å². The van der Waals surface area contributed by atoms with Crippen LogP contribution >= 0.6 is 0 Å². The van der Waals surface area contributed by atoms with Crippen molar-refractivity contribution in [2.75, 3.05) is 13.7 Å². The second-order valence-corrected chi connectivity index (χ2v) is 6.46. The Hall–Kier alpha value is -2.83. The summed E-state index contributed by atoms with van der Waals surface area (Å²) in [5.74, 6) is -0.519. The van der Waals surface area contributed by atoms with Crippen molar-refractivity contribution in [1.29, 1.82) is 0 Å². The van der Waals surface area contributed by atoms with Gasteiger partial charge in [0.15, 0.2) is 5.69 Å². The van der Waals surface area contributed by atoms with Crippen molar-refractivity contribution in [3.8, 4) is 5.75 Å². The number of fused-ring (bicyclic) bond motifs is 2. The molecular weight excluding hydrogens is 322 g/mol. The summed E-state index contributed by atoms with van der Waals surface area (Å²) in [6.45, 7) is 1.43. The summed E-state index contributed by atoms with van der Waals surface area (Å²) >= 11 is 0. The Bertz CT molecular complexity index is 871. The van der Waals surface area contributed by atoms with Gasteiger partial charge in [-0.05, 0) is 36.5 Å². The number of aromatic nitrogens is 2. The van der Waals surface area contributed by atoms with Gasteiger partial charge in [-0.15, -0.1) is 0 Å². The third-order valence-corrected chi connectivity index (χ3v) is 4.94. The molecule has 0 saturated heterocycles. The maximum Gasteiger partial charge on any atom is 0.356 e. The van der Waals surface area contributed by atoms with Gasteiger partial charge in [-0.3, -0.25) is 9.48 Å². The predicted molar refractivity (Wildman–Crippen MR) is 88.9 cm³/mol. The number of rotatable bonds is 4. The van der Waals surface area contributed by atoms with Crippen LogP contribution in [0.5, 0.6) is 5.75 Å². The lowest BCUT2D eigenvalue weighted by Gasteiger charge is -2.28. The average molecular weight is 341 g/mol. The van der Waals surface area contributed by atoms with E-state index in [9.17, 15) is 9.59 Å². The Balaban J connectivity index is 1.61. The molecule has 0 unspecified atom stereocenters. The van der Waals surface area contributed by atoms with E-state index in [4.69, 9.17) is 9.84 Å². The molecule has 1 aromatic carbocycles. The lowest BCUT2D eigenvalue weighted by atomic mass is 10.0. The first-order chi connectivity index (χ1) is 12.1. The first kappa shape index (κ1) is 15.7. The van der Waals surface area contributed by atoms with Crippen molar-refractivity contribution < 1.29 is 19.4 Å². The monoisotopic (exact) mass is 341 g/mol. The Kier molecular flexibility index (Phi) is 3.71. The molecule has 1 aliphatic heterocycles. The lowest BCUT2D eigenvalue weighted by molar-refractivity contribution is 0.0670. The number of methoxy groups -OCH3 is 1. The number of hydrogen-bond donors (Lipinski definition) is 1. The van der Waals surface area contributed by atoms with Crippen LogP contribution < -0.4 is 4.74 Å². The van der Waals surface area contributed by atoms with Gasteiger partial charge in [-0.2, -0.15) is 5.10 Å². The van der Waals surface area contributed by atoms with Gasteiger partial charge in [0.05, 0.1) is 13.7 Å². The quantitative estimate of drug-likeness (QED) is 0.915. The first-order valence-corrected chi connectivity index (χ1v) is 8.36. The van der Waals surface area contributed by atoms with Crippen LogP contribution in [0.3, 0.4) is 0 Å². The molecule has 2 heterocycles. The Morgan fingerprint density at radius 2 is 2.00 bits per heavy atom. The van der Waals surface area contributed by atoms with Crippen LogP contribution in [-0.4, -0.2) is 45.3 Å². The highest BCUT2D eigenvalue weighted by molar-refractivity contribution is 5.96. The van der Waals surface area contributed by atoms with Gasteiger partial charge in [0.1, 0.15) is 11.4 Å². The molecule has 130 valence electrons. The van der Waals surface area contributed by atoms with E-state index in [-0.39, 0.29) is 11.6 Å². The molecule has 0 spiro atoms. The fourth-order valence-electron chi connectivity index (χ4n) is 3.67. The third-order valence-electron chi connectivity index (χ3n) is 4.94. The number of carboxylic acids is 1. The highest BCUT2D eigenvalue weighted by atomic mass is 16.5. The van der Waals surface area contributed by atoms with Crippen molar-refractivity contribution in [2.24, 2.45) is 0 Å². The van der Waals surface area contributed by atoms with E-state index in [0.717, 1.165) is 30.6 Å². The van der Waals surface area contributed by atoms with E-state index < -0.39 is 5.97 Å². The number of aromatic carboxylic acids is 1. The zero-order valence-corrected chi connectivity index (χ0v) is 14.0. The van der Waals surface area contributed by atoms with Crippen LogP contribution in [0.1, 0.15) is 44.1 Å². The van der Waals surface area contributed by atoms with Gasteiger partial charge in [0, 0.05) is 24.7 Å². The SMILES string of the molecule is COc1cc2c(cc1CN1CCn3nc(C(=O)O)cc3C1=O)CCC2. The summed E-state index contributed by atoms with van der Waals surface area (Å²) in [5.41, 5.74) is 3.88. The van der Waals surface area contributed by atoms with Gasteiger partial charge in [0.2, 0.25) is 0 Å². The maximum absolute atomic E-state index is 12.7. The number of aryl methyl sites for hydroxylation is 2. The second kappa shape index (κ2) is 5.91. The zero-order valence-electron chi connectivity index (χ0n) is 14.0. The maximum atomic E-state index is 12.7. The number of benzene rings is 1.